The highest BCUT2D eigenvalue weighted by molar-refractivity contribution is 6.29. The first-order valence-electron chi connectivity index (χ1n) is 6.08. The van der Waals surface area contributed by atoms with Gasteiger partial charge in [-0.15, -0.1) is 11.6 Å². The van der Waals surface area contributed by atoms with Crippen molar-refractivity contribution in [3.8, 4) is 11.5 Å². The van der Waals surface area contributed by atoms with E-state index in [4.69, 9.17) is 16.0 Å². The molecule has 100 valence electrons. The molecule has 4 nitrogen and oxygen atoms in total. The molecule has 0 aliphatic rings. The predicted molar refractivity (Wildman–Crippen MR) is 78.8 cm³/mol. The molecule has 0 bridgehead atoms. The summed E-state index contributed by atoms with van der Waals surface area (Å²) >= 11 is 5.47. The van der Waals surface area contributed by atoms with Gasteiger partial charge in [-0.3, -0.25) is 4.79 Å². The standard InChI is InChI=1S/C15H11ClN2O2/c16-9-14(19)17-11-5-3-4-10(8-11)15-18-12-6-1-2-7-13(12)20-15/h1-8H,9H2,(H,17,19). The molecule has 1 heterocycles. The first-order valence-corrected chi connectivity index (χ1v) is 6.61. The molecule has 0 saturated heterocycles. The number of aromatic nitrogens is 1. The van der Waals surface area contributed by atoms with Crippen molar-refractivity contribution >= 4 is 34.3 Å². The van der Waals surface area contributed by atoms with Gasteiger partial charge in [0.15, 0.2) is 5.58 Å². The number of carbonyl (C=O) groups excluding carboxylic acids is 1. The number of hydrogen-bond acceptors (Lipinski definition) is 3. The molecule has 0 saturated carbocycles. The van der Waals surface area contributed by atoms with Crippen molar-refractivity contribution in [1.82, 2.24) is 4.98 Å². The summed E-state index contributed by atoms with van der Waals surface area (Å²) in [4.78, 5) is 15.7. The van der Waals surface area contributed by atoms with Crippen molar-refractivity contribution in [1.29, 1.82) is 0 Å². The molecule has 1 aromatic heterocycles. The number of para-hydroxylation sites is 2. The van der Waals surface area contributed by atoms with Crippen LogP contribution in [0.2, 0.25) is 0 Å². The summed E-state index contributed by atoms with van der Waals surface area (Å²) in [5.41, 5.74) is 3.00. The molecular formula is C15H11ClN2O2. The lowest BCUT2D eigenvalue weighted by Gasteiger charge is -2.03. The lowest BCUT2D eigenvalue weighted by Crippen LogP contribution is -2.12. The highest BCUT2D eigenvalue weighted by atomic mass is 35.5. The number of carbonyl (C=O) groups is 1. The maximum absolute atomic E-state index is 11.3. The van der Waals surface area contributed by atoms with Gasteiger partial charge in [0.05, 0.1) is 0 Å². The van der Waals surface area contributed by atoms with Gasteiger partial charge in [-0.1, -0.05) is 18.2 Å². The van der Waals surface area contributed by atoms with E-state index in [1.54, 1.807) is 12.1 Å². The molecule has 3 aromatic rings. The third kappa shape index (κ3) is 2.51. The number of fused-ring (bicyclic) bond motifs is 1. The van der Waals surface area contributed by atoms with E-state index in [2.05, 4.69) is 10.3 Å². The van der Waals surface area contributed by atoms with Gasteiger partial charge in [-0.05, 0) is 30.3 Å². The Morgan fingerprint density at radius 2 is 2.05 bits per heavy atom. The van der Waals surface area contributed by atoms with E-state index in [9.17, 15) is 4.79 Å². The molecule has 0 fully saturated rings. The normalized spacial score (nSPS) is 10.7. The number of hydrogen-bond donors (Lipinski definition) is 1. The molecule has 5 heteroatoms. The van der Waals surface area contributed by atoms with Gasteiger partial charge in [-0.2, -0.15) is 0 Å². The Bertz CT molecular complexity index is 734. The number of alkyl halides is 1. The molecular weight excluding hydrogens is 276 g/mol. The van der Waals surface area contributed by atoms with E-state index in [1.165, 1.54) is 0 Å². The van der Waals surface area contributed by atoms with E-state index >= 15 is 0 Å². The second-order valence-electron chi connectivity index (χ2n) is 4.25. The Morgan fingerprint density at radius 1 is 1.20 bits per heavy atom. The van der Waals surface area contributed by atoms with Gasteiger partial charge in [0.2, 0.25) is 11.8 Å². The number of nitrogens with zero attached hydrogens (tertiary/aromatic N) is 1. The quantitative estimate of drug-likeness (QED) is 0.747. The van der Waals surface area contributed by atoms with E-state index in [0.29, 0.717) is 11.6 Å². The average Bonchev–Trinajstić information content (AvgIpc) is 2.91. The lowest BCUT2D eigenvalue weighted by molar-refractivity contribution is -0.113. The summed E-state index contributed by atoms with van der Waals surface area (Å²) in [5.74, 6) is 0.196. The number of nitrogens with one attached hydrogen (secondary N) is 1. The minimum Gasteiger partial charge on any atom is -0.436 e. The molecule has 0 radical (unpaired) electrons. The van der Waals surface area contributed by atoms with Crippen LogP contribution in [0.15, 0.2) is 52.9 Å². The zero-order valence-corrected chi connectivity index (χ0v) is 11.2. The van der Waals surface area contributed by atoms with Crippen molar-refractivity contribution < 1.29 is 9.21 Å². The minimum absolute atomic E-state index is 0.0763. The second kappa shape index (κ2) is 5.35. The fraction of sp³-hybridized carbons (Fsp3) is 0.0667. The monoisotopic (exact) mass is 286 g/mol. The van der Waals surface area contributed by atoms with Crippen LogP contribution in [0.5, 0.6) is 0 Å². The van der Waals surface area contributed by atoms with Crippen LogP contribution in [0.3, 0.4) is 0 Å². The maximum Gasteiger partial charge on any atom is 0.239 e. The number of amides is 1. The SMILES string of the molecule is O=C(CCl)Nc1cccc(-c2nc3ccccc3o2)c1. The highest BCUT2D eigenvalue weighted by Gasteiger charge is 2.08. The van der Waals surface area contributed by atoms with Gasteiger partial charge < -0.3 is 9.73 Å². The molecule has 1 N–H and O–H groups in total. The van der Waals surface area contributed by atoms with Crippen LogP contribution in [0, 0.1) is 0 Å². The molecule has 0 spiro atoms. The number of halogens is 1. The smallest absolute Gasteiger partial charge is 0.239 e. The van der Waals surface area contributed by atoms with Gasteiger partial charge in [0.1, 0.15) is 11.4 Å². The van der Waals surface area contributed by atoms with Crippen molar-refractivity contribution in [2.75, 3.05) is 11.2 Å². The zero-order valence-electron chi connectivity index (χ0n) is 10.5. The van der Waals surface area contributed by atoms with Crippen LogP contribution in [0.25, 0.3) is 22.6 Å². The lowest BCUT2D eigenvalue weighted by atomic mass is 10.2. The van der Waals surface area contributed by atoms with E-state index in [0.717, 1.165) is 16.7 Å². The third-order valence-electron chi connectivity index (χ3n) is 2.81. The number of rotatable bonds is 3. The van der Waals surface area contributed by atoms with E-state index < -0.39 is 0 Å². The van der Waals surface area contributed by atoms with Crippen molar-refractivity contribution in [2.45, 2.75) is 0 Å². The topological polar surface area (TPSA) is 55.1 Å². The Hall–Kier alpha value is -2.33. The predicted octanol–water partition coefficient (Wildman–Crippen LogP) is 3.67. The Kier molecular flexibility index (Phi) is 3.39. The summed E-state index contributed by atoms with van der Waals surface area (Å²) in [7, 11) is 0. The van der Waals surface area contributed by atoms with Crippen LogP contribution in [-0.4, -0.2) is 16.8 Å². The molecule has 2 aromatic carbocycles. The Labute approximate surface area is 120 Å². The van der Waals surface area contributed by atoms with Crippen LogP contribution in [0.1, 0.15) is 0 Å². The number of anilines is 1. The Morgan fingerprint density at radius 3 is 2.85 bits per heavy atom. The van der Waals surface area contributed by atoms with Crippen LogP contribution < -0.4 is 5.32 Å². The van der Waals surface area contributed by atoms with Gasteiger partial charge in [-0.25, -0.2) is 4.98 Å². The minimum atomic E-state index is -0.249. The maximum atomic E-state index is 11.3. The van der Waals surface area contributed by atoms with Crippen LogP contribution in [0.4, 0.5) is 5.69 Å². The van der Waals surface area contributed by atoms with Gasteiger partial charge in [0, 0.05) is 11.3 Å². The molecule has 0 unspecified atom stereocenters. The van der Waals surface area contributed by atoms with Crippen molar-refractivity contribution in [2.24, 2.45) is 0 Å². The van der Waals surface area contributed by atoms with Crippen molar-refractivity contribution in [3.63, 3.8) is 0 Å². The number of oxazole rings is 1. The summed E-state index contributed by atoms with van der Waals surface area (Å²) in [5, 5.41) is 2.70. The third-order valence-corrected chi connectivity index (χ3v) is 3.05. The first-order chi connectivity index (χ1) is 9.76. The molecule has 0 atom stereocenters. The summed E-state index contributed by atoms with van der Waals surface area (Å²) in [6.45, 7) is 0. The van der Waals surface area contributed by atoms with Crippen molar-refractivity contribution in [3.05, 3.63) is 48.5 Å². The molecule has 1 amide bonds. The largest absolute Gasteiger partial charge is 0.436 e. The fourth-order valence-corrected chi connectivity index (χ4v) is 1.99. The second-order valence-corrected chi connectivity index (χ2v) is 4.52. The van der Waals surface area contributed by atoms with E-state index in [1.807, 2.05) is 36.4 Å². The Balaban J connectivity index is 1.97. The summed E-state index contributed by atoms with van der Waals surface area (Å²) in [6.07, 6.45) is 0. The molecule has 3 rings (SSSR count). The zero-order chi connectivity index (χ0) is 13.9. The summed E-state index contributed by atoms with van der Waals surface area (Å²) in [6, 6.07) is 14.9. The molecule has 0 aliphatic heterocycles. The van der Waals surface area contributed by atoms with Gasteiger partial charge in [0.25, 0.3) is 0 Å². The van der Waals surface area contributed by atoms with Crippen LogP contribution in [-0.2, 0) is 4.79 Å². The van der Waals surface area contributed by atoms with E-state index in [-0.39, 0.29) is 11.8 Å². The van der Waals surface area contributed by atoms with Crippen LogP contribution >= 0.6 is 11.6 Å². The number of benzene rings is 2. The molecule has 0 aliphatic carbocycles. The first kappa shape index (κ1) is 12.7. The molecule has 20 heavy (non-hydrogen) atoms. The fourth-order valence-electron chi connectivity index (χ4n) is 1.92. The highest BCUT2D eigenvalue weighted by Crippen LogP contribution is 2.25. The summed E-state index contributed by atoms with van der Waals surface area (Å²) < 4.78 is 5.69. The average molecular weight is 287 g/mol. The van der Waals surface area contributed by atoms with Gasteiger partial charge >= 0.3 is 0 Å².